The Morgan fingerprint density at radius 1 is 1.50 bits per heavy atom. The van der Waals surface area contributed by atoms with E-state index in [0.29, 0.717) is 18.4 Å². The van der Waals surface area contributed by atoms with Gasteiger partial charge in [0.25, 0.3) is 0 Å². The van der Waals surface area contributed by atoms with Gasteiger partial charge in [0, 0.05) is 18.9 Å². The molecule has 0 bridgehead atoms. The highest BCUT2D eigenvalue weighted by Gasteiger charge is 2.37. The average molecular weight is 304 g/mol. The molecule has 5 nitrogen and oxygen atoms in total. The van der Waals surface area contributed by atoms with E-state index in [4.69, 9.17) is 9.47 Å². The van der Waals surface area contributed by atoms with Gasteiger partial charge >= 0.3 is 11.9 Å². The van der Waals surface area contributed by atoms with Gasteiger partial charge in [-0.3, -0.25) is 4.79 Å². The number of hydrogen-bond acceptors (Lipinski definition) is 5. The van der Waals surface area contributed by atoms with E-state index in [2.05, 4.69) is 5.73 Å². The molecule has 0 saturated carbocycles. The van der Waals surface area contributed by atoms with Gasteiger partial charge in [-0.2, -0.15) is 0 Å². The molecule has 1 aliphatic carbocycles. The first-order valence-corrected chi connectivity index (χ1v) is 7.21. The molecule has 1 N–H and O–H groups in total. The lowest BCUT2D eigenvalue weighted by molar-refractivity contribution is -0.142. The van der Waals surface area contributed by atoms with Crippen molar-refractivity contribution in [2.75, 3.05) is 6.61 Å². The van der Waals surface area contributed by atoms with Gasteiger partial charge in [-0.15, -0.1) is 5.73 Å². The number of allylic oxidation sites excluding steroid dienone is 1. The highest BCUT2D eigenvalue weighted by atomic mass is 16.6. The Kier molecular flexibility index (Phi) is 5.01. The molecule has 2 atom stereocenters. The maximum Gasteiger partial charge on any atom is 0.338 e. The Morgan fingerprint density at radius 3 is 2.91 bits per heavy atom. The topological polar surface area (TPSA) is 72.8 Å². The van der Waals surface area contributed by atoms with Crippen LogP contribution in [-0.4, -0.2) is 35.9 Å². The van der Waals surface area contributed by atoms with Crippen LogP contribution in [0.25, 0.3) is 0 Å². The van der Waals surface area contributed by atoms with E-state index in [0.717, 1.165) is 11.1 Å². The maximum atomic E-state index is 12.0. The van der Waals surface area contributed by atoms with E-state index >= 15 is 0 Å². The summed E-state index contributed by atoms with van der Waals surface area (Å²) in [5, 5.41) is 10.5. The summed E-state index contributed by atoms with van der Waals surface area (Å²) in [5.41, 5.74) is 5.74. The zero-order valence-electron chi connectivity index (χ0n) is 13.0. The molecular weight excluding hydrogens is 284 g/mol. The fourth-order valence-corrected chi connectivity index (χ4v) is 2.54. The summed E-state index contributed by atoms with van der Waals surface area (Å²) in [7, 11) is 0. The first-order chi connectivity index (χ1) is 10.4. The Hall–Kier alpha value is -2.10. The zero-order valence-corrected chi connectivity index (χ0v) is 13.0. The molecule has 0 spiro atoms. The fourth-order valence-electron chi connectivity index (χ4n) is 2.54. The summed E-state index contributed by atoms with van der Waals surface area (Å²) in [6, 6.07) is 0. The number of ether oxygens (including phenoxy) is 2. The maximum absolute atomic E-state index is 12.0. The van der Waals surface area contributed by atoms with E-state index in [1.54, 1.807) is 0 Å². The van der Waals surface area contributed by atoms with Crippen molar-refractivity contribution in [2.24, 2.45) is 0 Å². The third-order valence-electron chi connectivity index (χ3n) is 3.62. The molecule has 0 fully saturated rings. The molecule has 1 heterocycles. The highest BCUT2D eigenvalue weighted by Crippen LogP contribution is 2.31. The van der Waals surface area contributed by atoms with Gasteiger partial charge in [-0.05, 0) is 38.0 Å². The second-order valence-electron chi connectivity index (χ2n) is 5.61. The Morgan fingerprint density at radius 2 is 2.23 bits per heavy atom. The van der Waals surface area contributed by atoms with Crippen LogP contribution in [-0.2, 0) is 19.1 Å². The van der Waals surface area contributed by atoms with Crippen LogP contribution in [0.4, 0.5) is 0 Å². The van der Waals surface area contributed by atoms with Crippen molar-refractivity contribution in [3.05, 3.63) is 40.2 Å². The molecule has 2 aliphatic rings. The van der Waals surface area contributed by atoms with Crippen LogP contribution in [0.5, 0.6) is 0 Å². The number of aliphatic hydroxyl groups is 1. The normalized spacial score (nSPS) is 27.5. The van der Waals surface area contributed by atoms with Crippen molar-refractivity contribution in [3.8, 4) is 0 Å². The van der Waals surface area contributed by atoms with Crippen LogP contribution < -0.4 is 0 Å². The number of esters is 2. The van der Waals surface area contributed by atoms with Gasteiger partial charge < -0.3 is 14.6 Å². The molecule has 2 rings (SSSR count). The van der Waals surface area contributed by atoms with E-state index in [9.17, 15) is 14.7 Å². The minimum atomic E-state index is -0.870. The third-order valence-corrected chi connectivity index (χ3v) is 3.62. The summed E-state index contributed by atoms with van der Waals surface area (Å²) >= 11 is 0. The fraction of sp³-hybridized carbons (Fsp3) is 0.471. The van der Waals surface area contributed by atoms with Crippen molar-refractivity contribution in [3.63, 3.8) is 0 Å². The van der Waals surface area contributed by atoms with E-state index in [1.165, 1.54) is 6.92 Å². The van der Waals surface area contributed by atoms with Gasteiger partial charge in [0.1, 0.15) is 12.7 Å². The van der Waals surface area contributed by atoms with Crippen LogP contribution in [0.2, 0.25) is 0 Å². The lowest BCUT2D eigenvalue weighted by Gasteiger charge is -2.18. The van der Waals surface area contributed by atoms with Crippen molar-refractivity contribution in [1.82, 2.24) is 0 Å². The second kappa shape index (κ2) is 6.77. The lowest BCUT2D eigenvalue weighted by Crippen LogP contribution is -2.21. The minimum Gasteiger partial charge on any atom is -0.461 e. The molecule has 0 aromatic heterocycles. The third kappa shape index (κ3) is 3.75. The number of hydrogen-bond donors (Lipinski definition) is 1. The summed E-state index contributed by atoms with van der Waals surface area (Å²) < 4.78 is 10.3. The minimum absolute atomic E-state index is 0.178. The molecule has 0 saturated heterocycles. The average Bonchev–Trinajstić information content (AvgIpc) is 2.71. The number of fused-ring (bicyclic) bond motifs is 1. The van der Waals surface area contributed by atoms with Crippen LogP contribution in [0.1, 0.15) is 33.6 Å². The van der Waals surface area contributed by atoms with Gasteiger partial charge in [-0.1, -0.05) is 5.57 Å². The highest BCUT2D eigenvalue weighted by molar-refractivity contribution is 5.93. The quantitative estimate of drug-likeness (QED) is 0.480. The van der Waals surface area contributed by atoms with E-state index < -0.39 is 24.1 Å². The standard InChI is InChI=1S/C17H20O5/c1-10-5-4-6-11(2)8-15-16(14(19)7-10)13(17(20)22-15)9-21-12(3)18/h4,8,14-15,19H,6-7,9H2,1-3H3/b11-8+/t5?,14-,15+/m0/s1. The molecule has 0 aromatic rings. The molecule has 0 amide bonds. The molecule has 118 valence electrons. The molecule has 0 radical (unpaired) electrons. The number of carbonyl (C=O) groups is 2. The van der Waals surface area contributed by atoms with Crippen molar-refractivity contribution in [1.29, 1.82) is 0 Å². The van der Waals surface area contributed by atoms with E-state index in [-0.39, 0.29) is 12.2 Å². The molecule has 5 heteroatoms. The predicted octanol–water partition coefficient (Wildman–Crippen LogP) is 1.97. The summed E-state index contributed by atoms with van der Waals surface area (Å²) in [5.74, 6) is -1.03. The van der Waals surface area contributed by atoms with Crippen LogP contribution in [0, 0.1) is 0 Å². The lowest BCUT2D eigenvalue weighted by atomic mass is 9.93. The molecular formula is C17H20O5. The second-order valence-corrected chi connectivity index (χ2v) is 5.61. The SMILES string of the molecule is CC(=O)OCC1=C2[C@@H](O)CC(C)=C=CC/C(C)=C/[C@H]2OC1=O. The monoisotopic (exact) mass is 304 g/mol. The first kappa shape index (κ1) is 16.3. The molecule has 1 aliphatic heterocycles. The van der Waals surface area contributed by atoms with Crippen LogP contribution >= 0.6 is 0 Å². The summed E-state index contributed by atoms with van der Waals surface area (Å²) in [6.45, 7) is 4.90. The van der Waals surface area contributed by atoms with Crippen LogP contribution in [0.15, 0.2) is 40.2 Å². The predicted molar refractivity (Wildman–Crippen MR) is 79.8 cm³/mol. The first-order valence-electron chi connectivity index (χ1n) is 7.21. The van der Waals surface area contributed by atoms with Gasteiger partial charge in [-0.25, -0.2) is 4.79 Å². The number of aliphatic hydroxyl groups excluding tert-OH is 1. The van der Waals surface area contributed by atoms with E-state index in [1.807, 2.05) is 26.0 Å². The number of carbonyl (C=O) groups excluding carboxylic acids is 2. The van der Waals surface area contributed by atoms with Gasteiger partial charge in [0.15, 0.2) is 0 Å². The number of rotatable bonds is 2. The van der Waals surface area contributed by atoms with Crippen LogP contribution in [0.3, 0.4) is 0 Å². The summed E-state index contributed by atoms with van der Waals surface area (Å²) in [6.07, 6.45) is 3.30. The molecule has 0 unspecified atom stereocenters. The largest absolute Gasteiger partial charge is 0.461 e. The van der Waals surface area contributed by atoms with Crippen molar-refractivity contribution < 1.29 is 24.2 Å². The molecule has 22 heavy (non-hydrogen) atoms. The Balaban J connectivity index is 2.43. The summed E-state index contributed by atoms with van der Waals surface area (Å²) in [4.78, 5) is 23.0. The Bertz CT molecular complexity index is 617. The van der Waals surface area contributed by atoms with Crippen molar-refractivity contribution >= 4 is 11.9 Å². The van der Waals surface area contributed by atoms with Crippen molar-refractivity contribution in [2.45, 2.75) is 45.8 Å². The Labute approximate surface area is 129 Å². The zero-order chi connectivity index (χ0) is 16.3. The molecule has 0 aromatic carbocycles. The van der Waals surface area contributed by atoms with Gasteiger partial charge in [0.05, 0.1) is 11.7 Å². The van der Waals surface area contributed by atoms with Gasteiger partial charge in [0.2, 0.25) is 0 Å². The smallest absolute Gasteiger partial charge is 0.338 e.